The second-order valence-electron chi connectivity index (χ2n) is 6.71. The van der Waals surface area contributed by atoms with E-state index in [0.717, 1.165) is 35.9 Å². The Morgan fingerprint density at radius 2 is 2.14 bits per heavy atom. The van der Waals surface area contributed by atoms with Crippen molar-refractivity contribution in [2.75, 3.05) is 39.2 Å². The van der Waals surface area contributed by atoms with Crippen LogP contribution in [0.4, 0.5) is 0 Å². The number of aryl methyl sites for hydroxylation is 2. The van der Waals surface area contributed by atoms with Crippen LogP contribution < -0.4 is 10.9 Å². The zero-order valence-electron chi connectivity index (χ0n) is 16.2. The molecule has 154 valence electrons. The summed E-state index contributed by atoms with van der Waals surface area (Å²) in [6, 6.07) is 0. The van der Waals surface area contributed by atoms with E-state index in [-0.39, 0.29) is 11.5 Å². The molecular weight excluding hydrogens is 398 g/mol. The largest absolute Gasteiger partial charge is 0.382 e. The van der Waals surface area contributed by atoms with Crippen LogP contribution in [0.15, 0.2) is 4.79 Å². The Morgan fingerprint density at radius 1 is 1.29 bits per heavy atom. The third-order valence-electron chi connectivity index (χ3n) is 4.57. The number of ether oxygens (including phenoxy) is 2. The summed E-state index contributed by atoms with van der Waals surface area (Å²) in [5.74, 6) is 1.48. The van der Waals surface area contributed by atoms with E-state index in [1.165, 1.54) is 28.6 Å². The van der Waals surface area contributed by atoms with E-state index < -0.39 is 0 Å². The van der Waals surface area contributed by atoms with Crippen LogP contribution in [0.25, 0.3) is 10.2 Å². The molecule has 3 rings (SSSR count). The third-order valence-corrected chi connectivity index (χ3v) is 6.70. The van der Waals surface area contributed by atoms with Crippen molar-refractivity contribution < 1.29 is 14.3 Å². The lowest BCUT2D eigenvalue weighted by Crippen LogP contribution is -2.27. The van der Waals surface area contributed by atoms with E-state index >= 15 is 0 Å². The number of methoxy groups -OCH3 is 1. The molecule has 0 atom stereocenters. The van der Waals surface area contributed by atoms with Crippen LogP contribution in [0, 0.1) is 0 Å². The fraction of sp³-hybridized carbons (Fsp3) is 0.632. The first-order valence-corrected chi connectivity index (χ1v) is 11.6. The molecular formula is C19H27N3O4S2. The summed E-state index contributed by atoms with van der Waals surface area (Å²) in [7, 11) is 1.64. The van der Waals surface area contributed by atoms with Gasteiger partial charge in [0.05, 0.1) is 30.1 Å². The molecule has 1 amide bonds. The normalized spacial score (nSPS) is 13.6. The van der Waals surface area contributed by atoms with Crippen molar-refractivity contribution in [3.05, 3.63) is 26.6 Å². The molecule has 9 heteroatoms. The van der Waals surface area contributed by atoms with Crippen LogP contribution in [0.2, 0.25) is 0 Å². The molecule has 2 heterocycles. The van der Waals surface area contributed by atoms with E-state index in [2.05, 4.69) is 15.3 Å². The number of amides is 1. The minimum atomic E-state index is -0.0436. The van der Waals surface area contributed by atoms with Gasteiger partial charge in [0.15, 0.2) is 0 Å². The Kier molecular flexibility index (Phi) is 8.32. The first-order chi connectivity index (χ1) is 13.7. The number of nitrogens with zero attached hydrogens (tertiary/aromatic N) is 1. The van der Waals surface area contributed by atoms with Crippen molar-refractivity contribution in [3.8, 4) is 0 Å². The highest BCUT2D eigenvalue weighted by molar-refractivity contribution is 7.99. The fourth-order valence-electron chi connectivity index (χ4n) is 3.21. The topological polar surface area (TPSA) is 93.3 Å². The molecule has 2 aromatic rings. The summed E-state index contributed by atoms with van der Waals surface area (Å²) >= 11 is 3.10. The number of hydrogen-bond donors (Lipinski definition) is 2. The lowest BCUT2D eigenvalue weighted by Gasteiger charge is -2.09. The Morgan fingerprint density at radius 3 is 3.00 bits per heavy atom. The Labute approximate surface area is 172 Å². The van der Waals surface area contributed by atoms with Gasteiger partial charge in [0.2, 0.25) is 5.91 Å². The maximum atomic E-state index is 12.5. The van der Waals surface area contributed by atoms with E-state index in [1.807, 2.05) is 0 Å². The molecule has 2 N–H and O–H groups in total. The number of thioether (sulfide) groups is 1. The maximum Gasteiger partial charge on any atom is 0.259 e. The molecule has 1 aliphatic rings. The number of aromatic nitrogens is 2. The molecule has 0 saturated carbocycles. The zero-order valence-corrected chi connectivity index (χ0v) is 17.8. The van der Waals surface area contributed by atoms with Gasteiger partial charge >= 0.3 is 0 Å². The van der Waals surface area contributed by atoms with Crippen LogP contribution in [0.5, 0.6) is 0 Å². The standard InChI is InChI=1S/C19H27N3O4S2/c1-25-9-10-26-8-4-7-20-16(23)12-27-11-15-21-18(24)17-13-5-2-3-6-14(13)28-19(17)22-15/h2-12H2,1H3,(H,20,23)(H,21,22,24). The van der Waals surface area contributed by atoms with Gasteiger partial charge in [0, 0.05) is 25.1 Å². The lowest BCUT2D eigenvalue weighted by molar-refractivity contribution is -0.118. The average molecular weight is 426 g/mol. The predicted octanol–water partition coefficient (Wildman–Crippen LogP) is 2.27. The first-order valence-electron chi connectivity index (χ1n) is 9.63. The Hall–Kier alpha value is -1.42. The third kappa shape index (κ3) is 5.79. The fourth-order valence-corrected chi connectivity index (χ4v) is 5.22. The van der Waals surface area contributed by atoms with Gasteiger partial charge in [-0.25, -0.2) is 4.98 Å². The summed E-state index contributed by atoms with van der Waals surface area (Å²) in [6.07, 6.45) is 5.14. The number of hydrogen-bond acceptors (Lipinski definition) is 7. The van der Waals surface area contributed by atoms with Crippen LogP contribution in [-0.4, -0.2) is 55.1 Å². The van der Waals surface area contributed by atoms with Crippen molar-refractivity contribution in [3.63, 3.8) is 0 Å². The molecule has 0 bridgehead atoms. The molecule has 28 heavy (non-hydrogen) atoms. The number of carbonyl (C=O) groups excluding carboxylic acids is 1. The van der Waals surface area contributed by atoms with Crippen molar-refractivity contribution in [2.24, 2.45) is 0 Å². The van der Waals surface area contributed by atoms with Crippen molar-refractivity contribution in [2.45, 2.75) is 37.9 Å². The summed E-state index contributed by atoms with van der Waals surface area (Å²) in [5, 5.41) is 3.65. The minimum Gasteiger partial charge on any atom is -0.382 e. The van der Waals surface area contributed by atoms with E-state index in [4.69, 9.17) is 9.47 Å². The lowest BCUT2D eigenvalue weighted by atomic mass is 9.97. The van der Waals surface area contributed by atoms with Gasteiger partial charge in [-0.1, -0.05) is 0 Å². The molecule has 0 unspecified atom stereocenters. The Balaban J connectivity index is 1.42. The minimum absolute atomic E-state index is 0.0168. The number of thiophene rings is 1. The maximum absolute atomic E-state index is 12.5. The van der Waals surface area contributed by atoms with Crippen LogP contribution >= 0.6 is 23.1 Å². The van der Waals surface area contributed by atoms with Gasteiger partial charge in [-0.3, -0.25) is 9.59 Å². The van der Waals surface area contributed by atoms with Gasteiger partial charge in [0.25, 0.3) is 5.56 Å². The van der Waals surface area contributed by atoms with Crippen LogP contribution in [0.1, 0.15) is 35.5 Å². The van der Waals surface area contributed by atoms with Crippen molar-refractivity contribution >= 4 is 39.2 Å². The number of aromatic amines is 1. The average Bonchev–Trinajstić information content (AvgIpc) is 3.06. The summed E-state index contributed by atoms with van der Waals surface area (Å²) in [4.78, 5) is 34.1. The van der Waals surface area contributed by atoms with Crippen LogP contribution in [-0.2, 0) is 32.9 Å². The highest BCUT2D eigenvalue weighted by atomic mass is 32.2. The molecule has 0 fully saturated rings. The molecule has 0 aliphatic heterocycles. The number of rotatable bonds is 11. The quantitative estimate of drug-likeness (QED) is 0.537. The SMILES string of the molecule is COCCOCCCNC(=O)CSCc1nc2sc3c(c2c(=O)[nH]1)CCCC3. The Bertz CT molecular complexity index is 850. The number of nitrogens with one attached hydrogen (secondary N) is 2. The molecule has 1 aliphatic carbocycles. The van der Waals surface area contributed by atoms with E-state index in [9.17, 15) is 9.59 Å². The van der Waals surface area contributed by atoms with Crippen molar-refractivity contribution in [1.82, 2.24) is 15.3 Å². The highest BCUT2D eigenvalue weighted by Crippen LogP contribution is 2.33. The number of carbonyl (C=O) groups is 1. The molecule has 0 saturated heterocycles. The molecule has 0 radical (unpaired) electrons. The van der Waals surface area contributed by atoms with Crippen LogP contribution in [0.3, 0.4) is 0 Å². The highest BCUT2D eigenvalue weighted by Gasteiger charge is 2.19. The summed E-state index contributed by atoms with van der Waals surface area (Å²) < 4.78 is 10.2. The van der Waals surface area contributed by atoms with Crippen molar-refractivity contribution in [1.29, 1.82) is 0 Å². The van der Waals surface area contributed by atoms with Gasteiger partial charge in [0.1, 0.15) is 10.7 Å². The first kappa shape index (κ1) is 21.3. The second-order valence-corrected chi connectivity index (χ2v) is 8.77. The van der Waals surface area contributed by atoms with Gasteiger partial charge in [-0.15, -0.1) is 23.1 Å². The van der Waals surface area contributed by atoms with Gasteiger partial charge < -0.3 is 19.8 Å². The number of fused-ring (bicyclic) bond motifs is 3. The summed E-state index contributed by atoms with van der Waals surface area (Å²) in [5.41, 5.74) is 1.16. The van der Waals surface area contributed by atoms with E-state index in [1.54, 1.807) is 18.4 Å². The van der Waals surface area contributed by atoms with Gasteiger partial charge in [-0.2, -0.15) is 0 Å². The smallest absolute Gasteiger partial charge is 0.259 e. The zero-order chi connectivity index (χ0) is 19.8. The number of H-pyrrole nitrogens is 1. The van der Waals surface area contributed by atoms with E-state index in [0.29, 0.717) is 43.7 Å². The molecule has 2 aromatic heterocycles. The predicted molar refractivity (Wildman–Crippen MR) is 113 cm³/mol. The monoisotopic (exact) mass is 425 g/mol. The van der Waals surface area contributed by atoms with Gasteiger partial charge in [-0.05, 0) is 37.7 Å². The molecule has 7 nitrogen and oxygen atoms in total. The second kappa shape index (κ2) is 10.9. The summed E-state index contributed by atoms with van der Waals surface area (Å²) in [6.45, 7) is 2.35. The molecule has 0 aromatic carbocycles. The molecule has 0 spiro atoms.